The van der Waals surface area contributed by atoms with E-state index < -0.39 is 0 Å². The molecule has 1 aromatic carbocycles. The van der Waals surface area contributed by atoms with Gasteiger partial charge >= 0.3 is 0 Å². The van der Waals surface area contributed by atoms with Gasteiger partial charge in [0.25, 0.3) is 0 Å². The van der Waals surface area contributed by atoms with E-state index in [0.29, 0.717) is 22.8 Å². The normalized spacial score (nSPS) is 10.9. The maximum Gasteiger partial charge on any atom is 0.229 e. The molecule has 0 aliphatic carbocycles. The van der Waals surface area contributed by atoms with Gasteiger partial charge in [-0.25, -0.2) is 15.0 Å². The predicted molar refractivity (Wildman–Crippen MR) is 98.3 cm³/mol. The summed E-state index contributed by atoms with van der Waals surface area (Å²) in [5.41, 5.74) is 4.67. The van der Waals surface area contributed by atoms with Crippen LogP contribution in [0.3, 0.4) is 0 Å². The fourth-order valence-electron chi connectivity index (χ4n) is 2.63. The van der Waals surface area contributed by atoms with Crippen molar-refractivity contribution in [2.75, 3.05) is 12.4 Å². The second-order valence-corrected chi connectivity index (χ2v) is 5.92. The summed E-state index contributed by atoms with van der Waals surface area (Å²) < 4.78 is 7.02. The summed E-state index contributed by atoms with van der Waals surface area (Å²) in [5.74, 6) is 1.22. The molecule has 0 radical (unpaired) electrons. The monoisotopic (exact) mass is 347 g/mol. The molecule has 8 nitrogen and oxygen atoms in total. The van der Waals surface area contributed by atoms with Crippen LogP contribution >= 0.6 is 0 Å². The Morgan fingerprint density at radius 3 is 2.69 bits per heavy atom. The lowest BCUT2D eigenvalue weighted by Gasteiger charge is -2.09. The molecular weight excluding hydrogens is 330 g/mol. The van der Waals surface area contributed by atoms with Gasteiger partial charge in [0.05, 0.1) is 31.4 Å². The minimum Gasteiger partial charge on any atom is -0.497 e. The third kappa shape index (κ3) is 3.16. The average molecular weight is 347 g/mol. The first-order valence-electron chi connectivity index (χ1n) is 8.02. The van der Waals surface area contributed by atoms with Crippen LogP contribution in [0.5, 0.6) is 5.75 Å². The van der Waals surface area contributed by atoms with Gasteiger partial charge in [0, 0.05) is 30.6 Å². The van der Waals surface area contributed by atoms with Crippen LogP contribution in [-0.2, 0) is 7.05 Å². The van der Waals surface area contributed by atoms with Crippen molar-refractivity contribution in [3.63, 3.8) is 0 Å². The molecule has 1 N–H and O–H groups in total. The molecule has 8 heteroatoms. The number of methoxy groups -OCH3 is 1. The second kappa shape index (κ2) is 6.40. The number of hydrogen-bond donors (Lipinski definition) is 1. The highest BCUT2D eigenvalue weighted by Gasteiger charge is 2.08. The number of ether oxygens (including phenoxy) is 1. The molecule has 0 saturated carbocycles. The van der Waals surface area contributed by atoms with E-state index in [2.05, 4.69) is 30.4 Å². The van der Waals surface area contributed by atoms with Crippen molar-refractivity contribution in [3.8, 4) is 17.0 Å². The summed E-state index contributed by atoms with van der Waals surface area (Å²) in [6.07, 6.45) is 6.98. The highest BCUT2D eigenvalue weighted by atomic mass is 16.5. The summed E-state index contributed by atoms with van der Waals surface area (Å²) in [6.45, 7) is 2.00. The van der Waals surface area contributed by atoms with E-state index in [0.717, 1.165) is 22.6 Å². The van der Waals surface area contributed by atoms with Gasteiger partial charge in [0.2, 0.25) is 5.95 Å². The van der Waals surface area contributed by atoms with Gasteiger partial charge in [0.1, 0.15) is 11.3 Å². The zero-order valence-electron chi connectivity index (χ0n) is 14.6. The highest BCUT2D eigenvalue weighted by molar-refractivity contribution is 5.74. The van der Waals surface area contributed by atoms with Gasteiger partial charge in [-0.15, -0.1) is 0 Å². The third-order valence-electron chi connectivity index (χ3n) is 3.85. The van der Waals surface area contributed by atoms with Crippen molar-refractivity contribution < 1.29 is 4.74 Å². The summed E-state index contributed by atoms with van der Waals surface area (Å²) >= 11 is 0. The lowest BCUT2D eigenvalue weighted by Crippen LogP contribution is -2.00. The number of hydrogen-bond acceptors (Lipinski definition) is 7. The van der Waals surface area contributed by atoms with Crippen LogP contribution < -0.4 is 10.1 Å². The van der Waals surface area contributed by atoms with E-state index >= 15 is 0 Å². The van der Waals surface area contributed by atoms with E-state index in [1.165, 1.54) is 0 Å². The highest BCUT2D eigenvalue weighted by Crippen LogP contribution is 2.23. The zero-order valence-corrected chi connectivity index (χ0v) is 14.6. The number of nitrogens with zero attached hydrogens (tertiary/aromatic N) is 6. The number of rotatable bonds is 4. The Morgan fingerprint density at radius 2 is 1.92 bits per heavy atom. The maximum atomic E-state index is 5.30. The third-order valence-corrected chi connectivity index (χ3v) is 3.85. The Morgan fingerprint density at radius 1 is 1.04 bits per heavy atom. The molecule has 0 unspecified atom stereocenters. The number of benzene rings is 1. The smallest absolute Gasteiger partial charge is 0.229 e. The Hall–Kier alpha value is -3.55. The molecule has 0 saturated heterocycles. The Bertz CT molecular complexity index is 1090. The van der Waals surface area contributed by atoms with Crippen molar-refractivity contribution in [3.05, 3.63) is 48.5 Å². The molecule has 130 valence electrons. The predicted octanol–water partition coefficient (Wildman–Crippen LogP) is 2.88. The second-order valence-electron chi connectivity index (χ2n) is 5.92. The Kier molecular flexibility index (Phi) is 3.92. The Balaban J connectivity index is 1.69. The summed E-state index contributed by atoms with van der Waals surface area (Å²) in [6, 6.07) is 5.84. The van der Waals surface area contributed by atoms with Crippen molar-refractivity contribution in [2.24, 2.45) is 7.05 Å². The molecule has 0 aliphatic rings. The van der Waals surface area contributed by atoms with Gasteiger partial charge in [-0.2, -0.15) is 10.1 Å². The largest absolute Gasteiger partial charge is 0.497 e. The quantitative estimate of drug-likeness (QED) is 0.607. The van der Waals surface area contributed by atoms with Crippen LogP contribution in [-0.4, -0.2) is 36.8 Å². The van der Waals surface area contributed by atoms with Crippen LogP contribution in [0.4, 0.5) is 11.6 Å². The van der Waals surface area contributed by atoms with E-state index in [-0.39, 0.29) is 0 Å². The van der Waals surface area contributed by atoms with E-state index in [1.807, 2.05) is 38.4 Å². The first-order valence-corrected chi connectivity index (χ1v) is 8.02. The standard InChI is InChI=1S/C18H17N7O/c1-11-4-13(6-14(5-11)26-3)22-18-20-9-16-17(24-18)23-15(8-19-16)12-7-21-25(2)10-12/h4-10H,1-3H3,(H,20,22,23,24). The number of aromatic nitrogens is 6. The molecule has 0 fully saturated rings. The fraction of sp³-hybridized carbons (Fsp3) is 0.167. The Labute approximate surface area is 149 Å². The lowest BCUT2D eigenvalue weighted by molar-refractivity contribution is 0.414. The molecule has 0 atom stereocenters. The molecular formula is C18H17N7O. The van der Waals surface area contributed by atoms with Gasteiger partial charge in [-0.1, -0.05) is 0 Å². The molecule has 0 spiro atoms. The van der Waals surface area contributed by atoms with Crippen molar-refractivity contribution in [2.45, 2.75) is 6.92 Å². The molecule has 26 heavy (non-hydrogen) atoms. The van der Waals surface area contributed by atoms with E-state index in [4.69, 9.17) is 4.74 Å². The molecule has 0 amide bonds. The average Bonchev–Trinajstić information content (AvgIpc) is 3.07. The van der Waals surface area contributed by atoms with Crippen molar-refractivity contribution in [1.82, 2.24) is 29.7 Å². The zero-order chi connectivity index (χ0) is 18.1. The molecule has 4 rings (SSSR count). The van der Waals surface area contributed by atoms with Gasteiger partial charge < -0.3 is 10.1 Å². The number of aryl methyl sites for hydroxylation is 2. The van der Waals surface area contributed by atoms with E-state index in [1.54, 1.807) is 30.4 Å². The molecule has 0 aliphatic heterocycles. The molecule has 4 aromatic rings. The van der Waals surface area contributed by atoms with Gasteiger partial charge in [0.15, 0.2) is 5.65 Å². The van der Waals surface area contributed by atoms with Crippen LogP contribution in [0.2, 0.25) is 0 Å². The lowest BCUT2D eigenvalue weighted by atomic mass is 10.2. The van der Waals surface area contributed by atoms with Crippen LogP contribution in [0.25, 0.3) is 22.4 Å². The van der Waals surface area contributed by atoms with Crippen molar-refractivity contribution in [1.29, 1.82) is 0 Å². The first kappa shape index (κ1) is 15.9. The van der Waals surface area contributed by atoms with Crippen LogP contribution in [0.1, 0.15) is 5.56 Å². The number of fused-ring (bicyclic) bond motifs is 1. The minimum atomic E-state index is 0.447. The maximum absolute atomic E-state index is 5.30. The topological polar surface area (TPSA) is 90.6 Å². The summed E-state index contributed by atoms with van der Waals surface area (Å²) in [4.78, 5) is 17.8. The van der Waals surface area contributed by atoms with Gasteiger partial charge in [-0.3, -0.25) is 4.68 Å². The number of nitrogens with one attached hydrogen (secondary N) is 1. The first-order chi connectivity index (χ1) is 12.6. The van der Waals surface area contributed by atoms with E-state index in [9.17, 15) is 0 Å². The minimum absolute atomic E-state index is 0.447. The summed E-state index contributed by atoms with van der Waals surface area (Å²) in [7, 11) is 3.50. The SMILES string of the molecule is COc1cc(C)cc(Nc2ncc3ncc(-c4cnn(C)c4)nc3n2)c1. The fourth-order valence-corrected chi connectivity index (χ4v) is 2.63. The number of anilines is 2. The van der Waals surface area contributed by atoms with Crippen LogP contribution in [0, 0.1) is 6.92 Å². The van der Waals surface area contributed by atoms with Crippen molar-refractivity contribution >= 4 is 22.8 Å². The molecule has 3 heterocycles. The summed E-state index contributed by atoms with van der Waals surface area (Å²) in [5, 5.41) is 7.35. The molecule has 0 bridgehead atoms. The van der Waals surface area contributed by atoms with Crippen LogP contribution in [0.15, 0.2) is 43.0 Å². The molecule has 3 aromatic heterocycles. The van der Waals surface area contributed by atoms with Gasteiger partial charge in [-0.05, 0) is 24.6 Å².